The van der Waals surface area contributed by atoms with Crippen molar-refractivity contribution < 1.29 is 19.0 Å². The average Bonchev–Trinajstić information content (AvgIpc) is 2.68. The summed E-state index contributed by atoms with van der Waals surface area (Å²) in [6, 6.07) is 12.4. The molecule has 2 aliphatic rings. The van der Waals surface area contributed by atoms with Crippen LogP contribution in [0.15, 0.2) is 42.5 Å². The summed E-state index contributed by atoms with van der Waals surface area (Å²) < 4.78 is 17.4. The van der Waals surface area contributed by atoms with Crippen LogP contribution in [0, 0.1) is 5.92 Å². The summed E-state index contributed by atoms with van der Waals surface area (Å²) in [5.74, 6) is 0.149. The number of carbonyl (C=O) groups is 1. The molecule has 29 heavy (non-hydrogen) atoms. The van der Waals surface area contributed by atoms with Gasteiger partial charge in [0.1, 0.15) is 5.92 Å². The van der Waals surface area contributed by atoms with E-state index in [1.54, 1.807) is 31.1 Å². The van der Waals surface area contributed by atoms with Gasteiger partial charge in [0, 0.05) is 16.3 Å². The normalized spacial score (nSPS) is 24.8. The molecule has 2 aromatic rings. The average molecular weight is 433 g/mol. The van der Waals surface area contributed by atoms with E-state index >= 15 is 0 Å². The predicted molar refractivity (Wildman–Crippen MR) is 115 cm³/mol. The van der Waals surface area contributed by atoms with E-state index in [2.05, 4.69) is 5.32 Å². The van der Waals surface area contributed by atoms with Crippen LogP contribution in [0.4, 0.5) is 5.69 Å². The maximum Gasteiger partial charge on any atom is 0.317 e. The number of para-hydroxylation sites is 1. The number of carbonyl (C=O) groups excluding carboxylic acids is 1. The molecule has 2 heterocycles. The van der Waals surface area contributed by atoms with Gasteiger partial charge >= 0.3 is 5.97 Å². The van der Waals surface area contributed by atoms with Gasteiger partial charge in [0.25, 0.3) is 0 Å². The Balaban J connectivity index is 1.91. The molecule has 0 radical (unpaired) electrons. The lowest BCUT2D eigenvalue weighted by Crippen LogP contribution is -2.71. The van der Waals surface area contributed by atoms with Crippen molar-refractivity contribution in [1.82, 2.24) is 5.32 Å². The van der Waals surface area contributed by atoms with Crippen molar-refractivity contribution in [1.29, 1.82) is 0 Å². The first-order valence-corrected chi connectivity index (χ1v) is 10.1. The zero-order valence-electron chi connectivity index (χ0n) is 16.3. The molecule has 4 rings (SSSR count). The van der Waals surface area contributed by atoms with Crippen molar-refractivity contribution in [3.05, 3.63) is 53.1 Å². The molecule has 1 fully saturated rings. The van der Waals surface area contributed by atoms with E-state index in [-0.39, 0.29) is 12.6 Å². The topological polar surface area (TPSA) is 60.0 Å². The fraction of sp³-hybridized carbons (Fsp3) is 0.333. The third-order valence-electron chi connectivity index (χ3n) is 5.33. The van der Waals surface area contributed by atoms with Crippen LogP contribution in [0.3, 0.4) is 0 Å². The van der Waals surface area contributed by atoms with Crippen LogP contribution in [0.2, 0.25) is 5.02 Å². The van der Waals surface area contributed by atoms with Gasteiger partial charge in [0.05, 0.1) is 19.8 Å². The maximum atomic E-state index is 13.1. The lowest BCUT2D eigenvalue weighted by molar-refractivity contribution is -0.159. The molecule has 2 aliphatic heterocycles. The minimum Gasteiger partial charge on any atom is -0.493 e. The number of ether oxygens (including phenoxy) is 3. The molecule has 2 bridgehead atoms. The number of methoxy groups -OCH3 is 1. The molecular formula is C21H21ClN2O4S. The summed E-state index contributed by atoms with van der Waals surface area (Å²) in [7, 11) is 1.59. The van der Waals surface area contributed by atoms with Gasteiger partial charge in [0.15, 0.2) is 16.6 Å². The number of thiocarbonyl (C=S) groups is 1. The number of esters is 1. The molecule has 1 N–H and O–H groups in total. The minimum absolute atomic E-state index is 0.272. The first-order chi connectivity index (χ1) is 13.9. The Labute approximate surface area is 179 Å². The van der Waals surface area contributed by atoms with Gasteiger partial charge in [-0.15, -0.1) is 0 Å². The van der Waals surface area contributed by atoms with E-state index in [1.807, 2.05) is 37.3 Å². The zero-order chi connectivity index (χ0) is 20.8. The van der Waals surface area contributed by atoms with Crippen LogP contribution in [0.1, 0.15) is 25.5 Å². The number of anilines is 1. The summed E-state index contributed by atoms with van der Waals surface area (Å²) >= 11 is 11.7. The molecule has 0 amide bonds. The van der Waals surface area contributed by atoms with Crippen molar-refractivity contribution in [2.24, 2.45) is 5.92 Å². The van der Waals surface area contributed by atoms with E-state index in [1.165, 1.54) is 0 Å². The molecule has 6 nitrogen and oxygen atoms in total. The number of hydrogen-bond acceptors (Lipinski definition) is 5. The molecule has 0 spiro atoms. The maximum absolute atomic E-state index is 13.1. The summed E-state index contributed by atoms with van der Waals surface area (Å²) in [5.41, 5.74) is 0.424. The Bertz CT molecular complexity index is 968. The Morgan fingerprint density at radius 2 is 2.03 bits per heavy atom. The number of nitrogens with one attached hydrogen (secondary N) is 1. The zero-order valence-corrected chi connectivity index (χ0v) is 17.8. The van der Waals surface area contributed by atoms with Crippen molar-refractivity contribution in [2.45, 2.75) is 25.6 Å². The second-order valence-electron chi connectivity index (χ2n) is 7.00. The number of fused-ring (bicyclic) bond motifs is 4. The highest BCUT2D eigenvalue weighted by atomic mass is 35.5. The molecule has 0 unspecified atom stereocenters. The van der Waals surface area contributed by atoms with Crippen LogP contribution in [-0.2, 0) is 9.53 Å². The second-order valence-corrected chi connectivity index (χ2v) is 7.83. The molecule has 2 aromatic carbocycles. The Kier molecular flexibility index (Phi) is 5.04. The summed E-state index contributed by atoms with van der Waals surface area (Å²) in [5, 5.41) is 4.38. The van der Waals surface area contributed by atoms with Crippen LogP contribution in [-0.4, -0.2) is 30.5 Å². The van der Waals surface area contributed by atoms with Gasteiger partial charge in [-0.3, -0.25) is 9.69 Å². The van der Waals surface area contributed by atoms with E-state index in [4.69, 9.17) is 38.0 Å². The highest BCUT2D eigenvalue weighted by molar-refractivity contribution is 7.80. The summed E-state index contributed by atoms with van der Waals surface area (Å²) in [6.07, 6.45) is 0. The van der Waals surface area contributed by atoms with Gasteiger partial charge in [-0.05, 0) is 56.4 Å². The van der Waals surface area contributed by atoms with E-state index < -0.39 is 17.7 Å². The van der Waals surface area contributed by atoms with Gasteiger partial charge in [-0.1, -0.05) is 23.7 Å². The van der Waals surface area contributed by atoms with Gasteiger partial charge < -0.3 is 19.5 Å². The third kappa shape index (κ3) is 3.09. The standard InChI is InChI=1S/C21H21ClN2O4S/c1-4-27-19(25)16-17-14-6-5-7-15(26-3)18(14)28-21(16,2)24(20(29)23-17)13-10-8-12(22)9-11-13/h5-11,16-17H,4H2,1-3H3,(H,23,29)/t16-,17-,21+/m1/s1. The third-order valence-corrected chi connectivity index (χ3v) is 5.89. The number of rotatable bonds is 4. The summed E-state index contributed by atoms with van der Waals surface area (Å²) in [4.78, 5) is 14.9. The van der Waals surface area contributed by atoms with Crippen molar-refractivity contribution in [3.8, 4) is 11.5 Å². The van der Waals surface area contributed by atoms with Crippen LogP contribution in [0.25, 0.3) is 0 Å². The molecule has 152 valence electrons. The largest absolute Gasteiger partial charge is 0.493 e. The number of nitrogens with zero attached hydrogens (tertiary/aromatic N) is 1. The fourth-order valence-corrected chi connectivity index (χ4v) is 4.64. The monoisotopic (exact) mass is 432 g/mol. The second kappa shape index (κ2) is 7.39. The van der Waals surface area contributed by atoms with Crippen molar-refractivity contribution >= 4 is 40.6 Å². The molecular weight excluding hydrogens is 412 g/mol. The lowest BCUT2D eigenvalue weighted by atomic mass is 9.79. The molecule has 8 heteroatoms. The van der Waals surface area contributed by atoms with Gasteiger partial charge in [0.2, 0.25) is 5.72 Å². The number of halogens is 1. The van der Waals surface area contributed by atoms with E-state index in [0.29, 0.717) is 21.6 Å². The summed E-state index contributed by atoms with van der Waals surface area (Å²) in [6.45, 7) is 3.90. The Morgan fingerprint density at radius 3 is 2.69 bits per heavy atom. The van der Waals surface area contributed by atoms with E-state index in [9.17, 15) is 4.79 Å². The van der Waals surface area contributed by atoms with Crippen molar-refractivity contribution in [2.75, 3.05) is 18.6 Å². The minimum atomic E-state index is -1.13. The fourth-order valence-electron chi connectivity index (χ4n) is 4.10. The first-order valence-electron chi connectivity index (χ1n) is 9.29. The molecule has 0 aliphatic carbocycles. The van der Waals surface area contributed by atoms with Crippen molar-refractivity contribution in [3.63, 3.8) is 0 Å². The first kappa shape index (κ1) is 19.8. The van der Waals surface area contributed by atoms with Crippen LogP contribution in [0.5, 0.6) is 11.5 Å². The Morgan fingerprint density at radius 1 is 1.31 bits per heavy atom. The van der Waals surface area contributed by atoms with Gasteiger partial charge in [-0.2, -0.15) is 0 Å². The number of hydrogen-bond donors (Lipinski definition) is 1. The van der Waals surface area contributed by atoms with E-state index in [0.717, 1.165) is 11.3 Å². The van der Waals surface area contributed by atoms with Crippen LogP contribution < -0.4 is 19.7 Å². The quantitative estimate of drug-likeness (QED) is 0.577. The Hall–Kier alpha value is -2.51. The molecule has 0 aromatic heterocycles. The molecule has 1 saturated heterocycles. The highest BCUT2D eigenvalue weighted by Gasteiger charge is 2.60. The SMILES string of the molecule is CCOC(=O)[C@H]1[C@@H]2NC(=S)N(c3ccc(Cl)cc3)[C@@]1(C)Oc1c(OC)cccc12. The highest BCUT2D eigenvalue weighted by Crippen LogP contribution is 2.52. The molecule has 3 atom stereocenters. The molecule has 0 saturated carbocycles. The van der Waals surface area contributed by atoms with Crippen LogP contribution >= 0.6 is 23.8 Å². The predicted octanol–water partition coefficient (Wildman–Crippen LogP) is 4.07. The number of benzene rings is 2. The van der Waals surface area contributed by atoms with Gasteiger partial charge in [-0.25, -0.2) is 0 Å². The smallest absolute Gasteiger partial charge is 0.317 e. The lowest BCUT2D eigenvalue weighted by Gasteiger charge is -2.55.